The van der Waals surface area contributed by atoms with E-state index in [1.165, 1.54) is 0 Å². The summed E-state index contributed by atoms with van der Waals surface area (Å²) in [4.78, 5) is 23.4. The number of amides is 1. The van der Waals surface area contributed by atoms with Crippen LogP contribution in [0.2, 0.25) is 0 Å². The molecule has 2 rings (SSSR count). The van der Waals surface area contributed by atoms with E-state index in [-0.39, 0.29) is 18.7 Å². The number of methoxy groups -OCH3 is 1. The summed E-state index contributed by atoms with van der Waals surface area (Å²) in [5, 5.41) is 14.0. The highest BCUT2D eigenvalue weighted by Crippen LogP contribution is 2.18. The van der Waals surface area contributed by atoms with E-state index in [0.29, 0.717) is 11.4 Å². The van der Waals surface area contributed by atoms with Crippen LogP contribution in [0.25, 0.3) is 0 Å². The lowest BCUT2D eigenvalue weighted by atomic mass is 9.96. The molecular formula is C18H17INO4-. The number of anilines is 1. The van der Waals surface area contributed by atoms with Crippen molar-refractivity contribution in [1.82, 2.24) is 0 Å². The van der Waals surface area contributed by atoms with Crippen LogP contribution in [-0.4, -0.2) is 19.0 Å². The van der Waals surface area contributed by atoms with E-state index in [1.54, 1.807) is 43.5 Å². The standard InChI is InChI=1S/C18H18INO4/c1-24-16-8-2-12(3-9-16)10-13(18(22)23)11-17(21)20-15-6-4-14(19)5-7-15/h2-9,13H,10-11H2,1H3,(H,20,21)(H,22,23)/p-1/t13-/m1/s1. The largest absolute Gasteiger partial charge is 0.550 e. The topological polar surface area (TPSA) is 78.5 Å². The van der Waals surface area contributed by atoms with Gasteiger partial charge in [-0.2, -0.15) is 0 Å². The van der Waals surface area contributed by atoms with E-state index < -0.39 is 11.9 Å². The molecule has 1 atom stereocenters. The zero-order valence-corrected chi connectivity index (χ0v) is 15.3. The second kappa shape index (κ2) is 8.68. The van der Waals surface area contributed by atoms with Crippen molar-refractivity contribution in [3.8, 4) is 5.75 Å². The molecule has 0 aliphatic heterocycles. The summed E-state index contributed by atoms with van der Waals surface area (Å²) in [6.07, 6.45) is 0.0901. The number of aliphatic carboxylic acids is 1. The number of carbonyl (C=O) groups excluding carboxylic acids is 2. The van der Waals surface area contributed by atoms with Crippen molar-refractivity contribution >= 4 is 40.2 Å². The van der Waals surface area contributed by atoms with Crippen LogP contribution in [0.1, 0.15) is 12.0 Å². The molecule has 0 aromatic heterocycles. The average molecular weight is 438 g/mol. The quantitative estimate of drug-likeness (QED) is 0.673. The van der Waals surface area contributed by atoms with Gasteiger partial charge in [-0.05, 0) is 71.0 Å². The summed E-state index contributed by atoms with van der Waals surface area (Å²) < 4.78 is 6.12. The third-order valence-electron chi connectivity index (χ3n) is 3.53. The van der Waals surface area contributed by atoms with Gasteiger partial charge < -0.3 is 20.0 Å². The predicted octanol–water partition coefficient (Wildman–Crippen LogP) is 2.24. The Morgan fingerprint density at radius 2 is 1.75 bits per heavy atom. The predicted molar refractivity (Wildman–Crippen MR) is 97.6 cm³/mol. The highest BCUT2D eigenvalue weighted by molar-refractivity contribution is 14.1. The van der Waals surface area contributed by atoms with Crippen molar-refractivity contribution in [1.29, 1.82) is 0 Å². The molecule has 2 aromatic carbocycles. The maximum absolute atomic E-state index is 12.1. The number of benzene rings is 2. The number of carboxylic acid groups (broad SMARTS) is 1. The average Bonchev–Trinajstić information content (AvgIpc) is 2.57. The zero-order chi connectivity index (χ0) is 17.5. The molecule has 1 amide bonds. The summed E-state index contributed by atoms with van der Waals surface area (Å²) >= 11 is 2.17. The van der Waals surface area contributed by atoms with Gasteiger partial charge in [0.15, 0.2) is 0 Å². The van der Waals surface area contributed by atoms with E-state index in [1.807, 2.05) is 12.1 Å². The lowest BCUT2D eigenvalue weighted by Crippen LogP contribution is -2.35. The van der Waals surface area contributed by atoms with E-state index in [0.717, 1.165) is 9.13 Å². The van der Waals surface area contributed by atoms with Gasteiger partial charge in [-0.25, -0.2) is 0 Å². The Balaban J connectivity index is 1.97. The Bertz CT molecular complexity index is 698. The van der Waals surface area contributed by atoms with Crippen LogP contribution in [0.3, 0.4) is 0 Å². The molecule has 0 unspecified atom stereocenters. The third kappa shape index (κ3) is 5.52. The summed E-state index contributed by atoms with van der Waals surface area (Å²) in [5.74, 6) is -1.77. The third-order valence-corrected chi connectivity index (χ3v) is 4.25. The highest BCUT2D eigenvalue weighted by Gasteiger charge is 2.16. The molecule has 0 bridgehead atoms. The molecule has 6 heteroatoms. The maximum Gasteiger partial charge on any atom is 0.225 e. The van der Waals surface area contributed by atoms with E-state index in [9.17, 15) is 14.7 Å². The van der Waals surface area contributed by atoms with Gasteiger partial charge in [0.25, 0.3) is 0 Å². The van der Waals surface area contributed by atoms with Crippen LogP contribution in [0, 0.1) is 9.49 Å². The van der Waals surface area contributed by atoms with Crippen molar-refractivity contribution in [2.24, 2.45) is 5.92 Å². The molecule has 0 saturated heterocycles. The Morgan fingerprint density at radius 1 is 1.12 bits per heavy atom. The summed E-state index contributed by atoms with van der Waals surface area (Å²) in [6.45, 7) is 0. The van der Waals surface area contributed by atoms with Crippen LogP contribution in [0.4, 0.5) is 5.69 Å². The number of hydrogen-bond acceptors (Lipinski definition) is 4. The first-order chi connectivity index (χ1) is 11.5. The van der Waals surface area contributed by atoms with E-state index in [2.05, 4.69) is 27.9 Å². The summed E-state index contributed by atoms with van der Waals surface area (Å²) in [5.41, 5.74) is 1.45. The molecule has 0 spiro atoms. The Kier molecular flexibility index (Phi) is 6.60. The fourth-order valence-electron chi connectivity index (χ4n) is 2.25. The van der Waals surface area contributed by atoms with Crippen LogP contribution in [-0.2, 0) is 16.0 Å². The van der Waals surface area contributed by atoms with Crippen molar-refractivity contribution in [3.05, 3.63) is 57.7 Å². The minimum absolute atomic E-state index is 0.139. The maximum atomic E-state index is 12.1. The van der Waals surface area contributed by atoms with Gasteiger partial charge >= 0.3 is 0 Å². The number of halogens is 1. The number of carbonyl (C=O) groups is 2. The molecule has 0 radical (unpaired) electrons. The van der Waals surface area contributed by atoms with Gasteiger partial charge in [0.1, 0.15) is 5.75 Å². The smallest absolute Gasteiger partial charge is 0.225 e. The molecule has 1 N–H and O–H groups in total. The van der Waals surface area contributed by atoms with Crippen molar-refractivity contribution in [2.75, 3.05) is 12.4 Å². The highest BCUT2D eigenvalue weighted by atomic mass is 127. The SMILES string of the molecule is COc1ccc(C[C@H](CC(=O)Nc2ccc(I)cc2)C(=O)[O-])cc1. The molecule has 0 aliphatic rings. The zero-order valence-electron chi connectivity index (χ0n) is 13.1. The summed E-state index contributed by atoms with van der Waals surface area (Å²) in [7, 11) is 1.56. The minimum Gasteiger partial charge on any atom is -0.550 e. The van der Waals surface area contributed by atoms with Crippen LogP contribution in [0.15, 0.2) is 48.5 Å². The Hall–Kier alpha value is -2.09. The first kappa shape index (κ1) is 18.3. The molecule has 5 nitrogen and oxygen atoms in total. The Morgan fingerprint density at radius 3 is 2.29 bits per heavy atom. The normalized spacial score (nSPS) is 11.6. The molecule has 24 heavy (non-hydrogen) atoms. The fraction of sp³-hybridized carbons (Fsp3) is 0.222. The van der Waals surface area contributed by atoms with Gasteiger partial charge in [0, 0.05) is 27.6 Å². The number of nitrogens with one attached hydrogen (secondary N) is 1. The van der Waals surface area contributed by atoms with Gasteiger partial charge in [0.05, 0.1) is 7.11 Å². The van der Waals surface area contributed by atoms with Gasteiger partial charge in [-0.15, -0.1) is 0 Å². The molecule has 0 saturated carbocycles. The molecule has 2 aromatic rings. The van der Waals surface area contributed by atoms with Gasteiger partial charge in [0.2, 0.25) is 5.91 Å². The molecule has 126 valence electrons. The first-order valence-electron chi connectivity index (χ1n) is 7.37. The number of carboxylic acids is 1. The molecule has 0 fully saturated rings. The molecule has 0 heterocycles. The lowest BCUT2D eigenvalue weighted by Gasteiger charge is -2.18. The number of rotatable bonds is 7. The second-order valence-corrected chi connectivity index (χ2v) is 6.57. The molecule has 0 aliphatic carbocycles. The van der Waals surface area contributed by atoms with Crippen LogP contribution >= 0.6 is 22.6 Å². The van der Waals surface area contributed by atoms with Gasteiger partial charge in [-0.1, -0.05) is 12.1 Å². The minimum atomic E-state index is -1.23. The number of ether oxygens (including phenoxy) is 1. The number of hydrogen-bond donors (Lipinski definition) is 1. The van der Waals surface area contributed by atoms with E-state index >= 15 is 0 Å². The lowest BCUT2D eigenvalue weighted by molar-refractivity contribution is -0.311. The van der Waals surface area contributed by atoms with E-state index in [4.69, 9.17) is 4.74 Å². The second-order valence-electron chi connectivity index (χ2n) is 5.33. The monoisotopic (exact) mass is 438 g/mol. The van der Waals surface area contributed by atoms with Crippen LogP contribution < -0.4 is 15.2 Å². The summed E-state index contributed by atoms with van der Waals surface area (Å²) in [6, 6.07) is 14.4. The van der Waals surface area contributed by atoms with Crippen molar-refractivity contribution < 1.29 is 19.4 Å². The van der Waals surface area contributed by atoms with Crippen molar-refractivity contribution in [2.45, 2.75) is 12.8 Å². The van der Waals surface area contributed by atoms with Crippen molar-refractivity contribution in [3.63, 3.8) is 0 Å². The Labute approximate surface area is 154 Å². The van der Waals surface area contributed by atoms with Crippen LogP contribution in [0.5, 0.6) is 5.75 Å². The fourth-order valence-corrected chi connectivity index (χ4v) is 2.61. The van der Waals surface area contributed by atoms with Gasteiger partial charge in [-0.3, -0.25) is 4.79 Å². The molecular weight excluding hydrogens is 421 g/mol. The first-order valence-corrected chi connectivity index (χ1v) is 8.45.